The maximum absolute atomic E-state index is 10.7. The number of aryl methyl sites for hydroxylation is 2. The van der Waals surface area contributed by atoms with Gasteiger partial charge in [0.25, 0.3) is 0 Å². The lowest BCUT2D eigenvalue weighted by molar-refractivity contribution is 0.0689. The standard InChI is InChI=1S/C8H9N3O2/c1-5-4-11-6(7(12)13)3-9-8(11)10(5)2/h3-4H,1-2H3,(H,12,13). The zero-order chi connectivity index (χ0) is 9.59. The summed E-state index contributed by atoms with van der Waals surface area (Å²) in [6.07, 6.45) is 3.11. The summed E-state index contributed by atoms with van der Waals surface area (Å²) in [5.41, 5.74) is 1.17. The summed E-state index contributed by atoms with van der Waals surface area (Å²) in [6.45, 7) is 1.90. The van der Waals surface area contributed by atoms with Crippen molar-refractivity contribution < 1.29 is 9.90 Å². The summed E-state index contributed by atoms with van der Waals surface area (Å²) < 4.78 is 3.41. The van der Waals surface area contributed by atoms with Crippen LogP contribution in [0.4, 0.5) is 0 Å². The molecule has 0 fully saturated rings. The number of carbonyl (C=O) groups is 1. The molecule has 0 aromatic carbocycles. The van der Waals surface area contributed by atoms with Crippen LogP contribution in [0, 0.1) is 6.92 Å². The Bertz CT molecular complexity index is 481. The van der Waals surface area contributed by atoms with Crippen LogP contribution in [0.5, 0.6) is 0 Å². The molecule has 5 heteroatoms. The van der Waals surface area contributed by atoms with Crippen molar-refractivity contribution in [1.29, 1.82) is 0 Å². The van der Waals surface area contributed by atoms with Crippen LogP contribution in [0.15, 0.2) is 12.4 Å². The summed E-state index contributed by atoms with van der Waals surface area (Å²) in [5.74, 6) is -0.312. The number of rotatable bonds is 1. The number of imidazole rings is 2. The van der Waals surface area contributed by atoms with E-state index in [1.54, 1.807) is 10.6 Å². The van der Waals surface area contributed by atoms with Gasteiger partial charge >= 0.3 is 5.97 Å². The van der Waals surface area contributed by atoms with E-state index in [4.69, 9.17) is 5.11 Å². The molecule has 0 aliphatic carbocycles. The first-order chi connectivity index (χ1) is 6.11. The summed E-state index contributed by atoms with van der Waals surface area (Å²) in [4.78, 5) is 14.7. The number of aromatic nitrogens is 3. The van der Waals surface area contributed by atoms with E-state index >= 15 is 0 Å². The van der Waals surface area contributed by atoms with E-state index in [0.717, 1.165) is 5.69 Å². The molecular weight excluding hydrogens is 170 g/mol. The third-order valence-corrected chi connectivity index (χ3v) is 2.14. The molecule has 0 saturated carbocycles. The van der Waals surface area contributed by atoms with Gasteiger partial charge < -0.3 is 9.67 Å². The Morgan fingerprint density at radius 3 is 2.92 bits per heavy atom. The van der Waals surface area contributed by atoms with E-state index in [1.807, 2.05) is 18.5 Å². The Kier molecular flexibility index (Phi) is 1.42. The molecule has 2 aromatic rings. The van der Waals surface area contributed by atoms with E-state index in [0.29, 0.717) is 5.78 Å². The SMILES string of the molecule is Cc1cn2c(C(=O)O)cnc2n1C. The van der Waals surface area contributed by atoms with Gasteiger partial charge in [0.1, 0.15) is 0 Å². The van der Waals surface area contributed by atoms with E-state index in [9.17, 15) is 4.79 Å². The van der Waals surface area contributed by atoms with Gasteiger partial charge in [0.2, 0.25) is 5.78 Å². The zero-order valence-corrected chi connectivity index (χ0v) is 7.35. The van der Waals surface area contributed by atoms with Crippen LogP contribution in [0.1, 0.15) is 16.2 Å². The topological polar surface area (TPSA) is 59.5 Å². The van der Waals surface area contributed by atoms with Crippen molar-refractivity contribution in [2.45, 2.75) is 6.92 Å². The first kappa shape index (κ1) is 7.85. The van der Waals surface area contributed by atoms with E-state index in [1.165, 1.54) is 6.20 Å². The average molecular weight is 179 g/mol. The van der Waals surface area contributed by atoms with E-state index in [2.05, 4.69) is 4.98 Å². The average Bonchev–Trinajstić information content (AvgIpc) is 2.55. The van der Waals surface area contributed by atoms with Gasteiger partial charge in [0.05, 0.1) is 6.20 Å². The Balaban J connectivity index is 2.82. The first-order valence-corrected chi connectivity index (χ1v) is 3.84. The van der Waals surface area contributed by atoms with Gasteiger partial charge in [-0.3, -0.25) is 4.40 Å². The van der Waals surface area contributed by atoms with Crippen molar-refractivity contribution in [2.75, 3.05) is 0 Å². The Morgan fingerprint density at radius 2 is 2.31 bits per heavy atom. The fourth-order valence-electron chi connectivity index (χ4n) is 1.32. The Morgan fingerprint density at radius 1 is 1.62 bits per heavy atom. The number of fused-ring (bicyclic) bond motifs is 1. The number of carboxylic acid groups (broad SMARTS) is 1. The highest BCUT2D eigenvalue weighted by Crippen LogP contribution is 2.10. The summed E-state index contributed by atoms with van der Waals surface area (Å²) in [5, 5.41) is 8.80. The number of hydrogen-bond donors (Lipinski definition) is 1. The minimum absolute atomic E-state index is 0.193. The van der Waals surface area contributed by atoms with Crippen LogP contribution in [0.3, 0.4) is 0 Å². The van der Waals surface area contributed by atoms with Crippen LogP contribution < -0.4 is 0 Å². The lowest BCUT2D eigenvalue weighted by Crippen LogP contribution is -1.99. The molecule has 0 spiro atoms. The van der Waals surface area contributed by atoms with Crippen LogP contribution in [-0.2, 0) is 7.05 Å². The molecule has 0 saturated heterocycles. The maximum Gasteiger partial charge on any atom is 0.354 e. The Hall–Kier alpha value is -1.78. The fourth-order valence-corrected chi connectivity index (χ4v) is 1.32. The van der Waals surface area contributed by atoms with Crippen molar-refractivity contribution in [3.05, 3.63) is 23.8 Å². The normalized spacial score (nSPS) is 10.9. The minimum atomic E-state index is -0.960. The van der Waals surface area contributed by atoms with E-state index in [-0.39, 0.29) is 5.69 Å². The molecule has 0 bridgehead atoms. The molecule has 1 N–H and O–H groups in total. The van der Waals surface area contributed by atoms with Gasteiger partial charge in [-0.25, -0.2) is 9.78 Å². The molecule has 0 radical (unpaired) electrons. The predicted octanol–water partition coefficient (Wildman–Crippen LogP) is 0.679. The van der Waals surface area contributed by atoms with Gasteiger partial charge in [-0.2, -0.15) is 0 Å². The molecule has 2 rings (SSSR count). The maximum atomic E-state index is 10.7. The van der Waals surface area contributed by atoms with Gasteiger partial charge in [0, 0.05) is 18.9 Å². The molecule has 2 aromatic heterocycles. The van der Waals surface area contributed by atoms with Crippen molar-refractivity contribution >= 4 is 11.7 Å². The number of hydrogen-bond acceptors (Lipinski definition) is 2. The van der Waals surface area contributed by atoms with Gasteiger partial charge in [-0.1, -0.05) is 0 Å². The molecule has 0 aliphatic rings. The third-order valence-electron chi connectivity index (χ3n) is 2.14. The highest BCUT2D eigenvalue weighted by atomic mass is 16.4. The number of aromatic carboxylic acids is 1. The smallest absolute Gasteiger partial charge is 0.354 e. The van der Waals surface area contributed by atoms with Crippen LogP contribution in [0.2, 0.25) is 0 Å². The van der Waals surface area contributed by atoms with Crippen LogP contribution in [-0.4, -0.2) is 25.0 Å². The second-order valence-electron chi connectivity index (χ2n) is 2.95. The molecule has 13 heavy (non-hydrogen) atoms. The summed E-state index contributed by atoms with van der Waals surface area (Å²) in [6, 6.07) is 0. The third kappa shape index (κ3) is 0.932. The lowest BCUT2D eigenvalue weighted by atomic mass is 10.5. The van der Waals surface area contributed by atoms with E-state index < -0.39 is 5.97 Å². The fraction of sp³-hybridized carbons (Fsp3) is 0.250. The molecule has 0 unspecified atom stereocenters. The van der Waals surface area contributed by atoms with Crippen molar-refractivity contribution in [3.63, 3.8) is 0 Å². The molecule has 68 valence electrons. The predicted molar refractivity (Wildman–Crippen MR) is 45.9 cm³/mol. The second kappa shape index (κ2) is 2.35. The molecule has 2 heterocycles. The quantitative estimate of drug-likeness (QED) is 0.700. The summed E-state index contributed by atoms with van der Waals surface area (Å²) in [7, 11) is 1.85. The monoisotopic (exact) mass is 179 g/mol. The highest BCUT2D eigenvalue weighted by Gasteiger charge is 2.13. The Labute approximate surface area is 74.2 Å². The van der Waals surface area contributed by atoms with Gasteiger partial charge in [0.15, 0.2) is 5.69 Å². The number of carboxylic acids is 1. The molecule has 0 aliphatic heterocycles. The highest BCUT2D eigenvalue weighted by molar-refractivity contribution is 5.86. The van der Waals surface area contributed by atoms with Crippen molar-refractivity contribution in [2.24, 2.45) is 7.05 Å². The molecular formula is C8H9N3O2. The van der Waals surface area contributed by atoms with Crippen molar-refractivity contribution in [3.8, 4) is 0 Å². The number of nitrogens with zero attached hydrogens (tertiary/aromatic N) is 3. The second-order valence-corrected chi connectivity index (χ2v) is 2.95. The summed E-state index contributed by atoms with van der Waals surface area (Å²) >= 11 is 0. The van der Waals surface area contributed by atoms with Crippen LogP contribution in [0.25, 0.3) is 5.78 Å². The van der Waals surface area contributed by atoms with Gasteiger partial charge in [-0.05, 0) is 6.92 Å². The van der Waals surface area contributed by atoms with Crippen LogP contribution >= 0.6 is 0 Å². The minimum Gasteiger partial charge on any atom is -0.477 e. The molecule has 5 nitrogen and oxygen atoms in total. The first-order valence-electron chi connectivity index (χ1n) is 3.84. The largest absolute Gasteiger partial charge is 0.477 e. The lowest BCUT2D eigenvalue weighted by Gasteiger charge is -1.91. The molecule has 0 amide bonds. The molecule has 0 atom stereocenters. The van der Waals surface area contributed by atoms with Crippen molar-refractivity contribution in [1.82, 2.24) is 14.0 Å². The van der Waals surface area contributed by atoms with Gasteiger partial charge in [-0.15, -0.1) is 0 Å². The zero-order valence-electron chi connectivity index (χ0n) is 7.35.